The molecule has 0 saturated heterocycles. The zero-order chi connectivity index (χ0) is 12.3. The summed E-state index contributed by atoms with van der Waals surface area (Å²) in [5.74, 6) is 0. The van der Waals surface area contributed by atoms with E-state index in [2.05, 4.69) is 24.3 Å². The predicted octanol–water partition coefficient (Wildman–Crippen LogP) is 4.14. The molecule has 1 heterocycles. The number of fused-ring (bicyclic) bond motifs is 5. The lowest BCUT2D eigenvalue weighted by Crippen LogP contribution is -2.18. The van der Waals surface area contributed by atoms with Crippen molar-refractivity contribution in [2.75, 3.05) is 0 Å². The molecule has 0 amide bonds. The molecule has 0 bridgehead atoms. The van der Waals surface area contributed by atoms with Crippen molar-refractivity contribution in [2.45, 2.75) is 12.5 Å². The van der Waals surface area contributed by atoms with Crippen LogP contribution in [0.15, 0.2) is 48.5 Å². The maximum Gasteiger partial charge on any atom is 0.114 e. The number of rotatable bonds is 0. The molecular formula is C16H12OS. The van der Waals surface area contributed by atoms with E-state index in [4.69, 9.17) is 0 Å². The Morgan fingerprint density at radius 1 is 1.00 bits per heavy atom. The third kappa shape index (κ3) is 1.10. The van der Waals surface area contributed by atoms with Gasteiger partial charge in [0.15, 0.2) is 0 Å². The van der Waals surface area contributed by atoms with Gasteiger partial charge >= 0.3 is 0 Å². The summed E-state index contributed by atoms with van der Waals surface area (Å²) in [7, 11) is 0. The minimum Gasteiger partial charge on any atom is -0.381 e. The molecule has 0 spiro atoms. The van der Waals surface area contributed by atoms with Crippen molar-refractivity contribution in [3.63, 3.8) is 0 Å². The Balaban J connectivity index is 2.20. The largest absolute Gasteiger partial charge is 0.381 e. The number of aliphatic hydroxyl groups is 1. The molecule has 4 rings (SSSR count). The van der Waals surface area contributed by atoms with Crippen molar-refractivity contribution in [1.29, 1.82) is 0 Å². The second-order valence-corrected chi connectivity index (χ2v) is 5.97. The zero-order valence-corrected chi connectivity index (χ0v) is 10.8. The first-order valence-electron chi connectivity index (χ1n) is 6.04. The third-order valence-corrected chi connectivity index (χ3v) is 4.98. The van der Waals surface area contributed by atoms with Crippen molar-refractivity contribution in [1.82, 2.24) is 0 Å². The van der Waals surface area contributed by atoms with E-state index in [0.29, 0.717) is 0 Å². The molecule has 1 aromatic heterocycles. The summed E-state index contributed by atoms with van der Waals surface area (Å²) < 4.78 is 1.25. The highest BCUT2D eigenvalue weighted by molar-refractivity contribution is 7.22. The Morgan fingerprint density at radius 2 is 1.72 bits per heavy atom. The van der Waals surface area contributed by atoms with E-state index in [9.17, 15) is 5.11 Å². The summed E-state index contributed by atoms with van der Waals surface area (Å²) >= 11 is 1.77. The summed E-state index contributed by atoms with van der Waals surface area (Å²) in [5, 5.41) is 12.1. The Labute approximate surface area is 109 Å². The molecule has 0 aliphatic heterocycles. The molecule has 0 saturated carbocycles. The second kappa shape index (κ2) is 3.22. The van der Waals surface area contributed by atoms with Gasteiger partial charge < -0.3 is 5.11 Å². The lowest BCUT2D eigenvalue weighted by atomic mass is 9.92. The van der Waals surface area contributed by atoms with Gasteiger partial charge in [0, 0.05) is 15.1 Å². The Hall–Kier alpha value is -1.64. The quantitative estimate of drug-likeness (QED) is 0.637. The van der Waals surface area contributed by atoms with Crippen LogP contribution in [-0.2, 0) is 5.60 Å². The molecule has 1 aliphatic rings. The molecule has 88 valence electrons. The zero-order valence-electron chi connectivity index (χ0n) is 9.97. The number of benzene rings is 2. The Kier molecular flexibility index (Phi) is 1.84. The Morgan fingerprint density at radius 3 is 2.61 bits per heavy atom. The first kappa shape index (κ1) is 10.3. The highest BCUT2D eigenvalue weighted by atomic mass is 32.1. The molecule has 1 N–H and O–H groups in total. The van der Waals surface area contributed by atoms with Crippen LogP contribution >= 0.6 is 11.3 Å². The van der Waals surface area contributed by atoms with E-state index in [-0.39, 0.29) is 0 Å². The fraction of sp³-hybridized carbons (Fsp3) is 0.125. The van der Waals surface area contributed by atoms with Gasteiger partial charge in [0.2, 0.25) is 0 Å². The van der Waals surface area contributed by atoms with E-state index in [0.717, 1.165) is 11.1 Å². The van der Waals surface area contributed by atoms with E-state index >= 15 is 0 Å². The fourth-order valence-corrected chi connectivity index (χ4v) is 4.30. The standard InChI is InChI=1S/C16H12OS/c1-16(17)12-8-4-2-6-10(12)15-14(16)11-7-3-5-9-13(11)18-15/h2-9,17H,1H3. The van der Waals surface area contributed by atoms with Crippen LogP contribution < -0.4 is 0 Å². The van der Waals surface area contributed by atoms with Gasteiger partial charge in [0.05, 0.1) is 0 Å². The lowest BCUT2D eigenvalue weighted by molar-refractivity contribution is 0.109. The number of thiophene rings is 1. The summed E-state index contributed by atoms with van der Waals surface area (Å²) in [6, 6.07) is 16.5. The van der Waals surface area contributed by atoms with Crippen molar-refractivity contribution in [2.24, 2.45) is 0 Å². The van der Waals surface area contributed by atoms with Gasteiger partial charge in [0.25, 0.3) is 0 Å². The molecule has 3 aromatic rings. The highest BCUT2D eigenvalue weighted by Crippen LogP contribution is 2.53. The summed E-state index contributed by atoms with van der Waals surface area (Å²) in [5.41, 5.74) is 2.41. The summed E-state index contributed by atoms with van der Waals surface area (Å²) in [4.78, 5) is 1.22. The molecule has 1 nitrogen and oxygen atoms in total. The summed E-state index contributed by atoms with van der Waals surface area (Å²) in [6.45, 7) is 1.90. The highest BCUT2D eigenvalue weighted by Gasteiger charge is 2.40. The first-order valence-corrected chi connectivity index (χ1v) is 6.85. The minimum absolute atomic E-state index is 0.870. The van der Waals surface area contributed by atoms with Gasteiger partial charge in [-0.15, -0.1) is 11.3 Å². The van der Waals surface area contributed by atoms with E-state index < -0.39 is 5.60 Å². The van der Waals surface area contributed by atoms with E-state index in [1.165, 1.54) is 20.5 Å². The predicted molar refractivity (Wildman–Crippen MR) is 75.9 cm³/mol. The minimum atomic E-state index is -0.870. The second-order valence-electron chi connectivity index (χ2n) is 4.92. The normalized spacial score (nSPS) is 21.0. The first-order chi connectivity index (χ1) is 8.69. The molecule has 2 aromatic carbocycles. The average Bonchev–Trinajstić information content (AvgIpc) is 2.86. The molecule has 1 atom stereocenters. The van der Waals surface area contributed by atoms with Crippen molar-refractivity contribution in [3.8, 4) is 10.4 Å². The fourth-order valence-electron chi connectivity index (χ4n) is 2.96. The van der Waals surface area contributed by atoms with Gasteiger partial charge in [-0.2, -0.15) is 0 Å². The van der Waals surface area contributed by atoms with Gasteiger partial charge in [-0.25, -0.2) is 0 Å². The topological polar surface area (TPSA) is 20.2 Å². The van der Waals surface area contributed by atoms with Crippen LogP contribution in [0.4, 0.5) is 0 Å². The molecule has 18 heavy (non-hydrogen) atoms. The van der Waals surface area contributed by atoms with Gasteiger partial charge in [-0.05, 0) is 29.5 Å². The molecule has 0 fully saturated rings. The van der Waals surface area contributed by atoms with Crippen molar-refractivity contribution in [3.05, 3.63) is 59.7 Å². The van der Waals surface area contributed by atoms with Crippen molar-refractivity contribution >= 4 is 21.4 Å². The van der Waals surface area contributed by atoms with Crippen LogP contribution in [0.25, 0.3) is 20.5 Å². The average molecular weight is 252 g/mol. The summed E-state index contributed by atoms with van der Waals surface area (Å²) in [6.07, 6.45) is 0. The van der Waals surface area contributed by atoms with Crippen LogP contribution in [0.3, 0.4) is 0 Å². The number of hydrogen-bond acceptors (Lipinski definition) is 2. The van der Waals surface area contributed by atoms with Gasteiger partial charge in [-0.1, -0.05) is 42.5 Å². The van der Waals surface area contributed by atoms with Crippen LogP contribution in [0.5, 0.6) is 0 Å². The molecular weight excluding hydrogens is 240 g/mol. The van der Waals surface area contributed by atoms with Crippen molar-refractivity contribution < 1.29 is 5.11 Å². The van der Waals surface area contributed by atoms with Gasteiger partial charge in [0.1, 0.15) is 5.60 Å². The van der Waals surface area contributed by atoms with Crippen LogP contribution in [0.2, 0.25) is 0 Å². The maximum absolute atomic E-state index is 10.9. The lowest BCUT2D eigenvalue weighted by Gasteiger charge is -2.19. The smallest absolute Gasteiger partial charge is 0.114 e. The molecule has 0 radical (unpaired) electrons. The van der Waals surface area contributed by atoms with Gasteiger partial charge in [-0.3, -0.25) is 0 Å². The van der Waals surface area contributed by atoms with E-state index in [1.54, 1.807) is 11.3 Å². The van der Waals surface area contributed by atoms with Crippen LogP contribution in [-0.4, -0.2) is 5.11 Å². The van der Waals surface area contributed by atoms with Crippen LogP contribution in [0.1, 0.15) is 18.1 Å². The SMILES string of the molecule is CC1(O)c2ccccc2-c2sc3ccccc3c21. The van der Waals surface area contributed by atoms with E-state index in [1.807, 2.05) is 31.2 Å². The molecule has 1 unspecified atom stereocenters. The number of hydrogen-bond donors (Lipinski definition) is 1. The maximum atomic E-state index is 10.9. The Bertz CT molecular complexity index is 768. The van der Waals surface area contributed by atoms with Crippen LogP contribution in [0, 0.1) is 0 Å². The molecule has 2 heteroatoms. The monoisotopic (exact) mass is 252 g/mol. The third-order valence-electron chi connectivity index (χ3n) is 3.78. The molecule has 1 aliphatic carbocycles.